The zero-order valence-electron chi connectivity index (χ0n) is 4.26. The Hall–Kier alpha value is -0.655. The first-order chi connectivity index (χ1) is 3.39. The van der Waals surface area contributed by atoms with Crippen LogP contribution in [0.2, 0.25) is 0 Å². The van der Waals surface area contributed by atoms with E-state index in [1.54, 1.807) is 6.20 Å². The van der Waals surface area contributed by atoms with Crippen molar-refractivity contribution in [3.05, 3.63) is 23.8 Å². The normalized spacial score (nSPS) is 8.14. The molecule has 1 aromatic heterocycles. The van der Waals surface area contributed by atoms with Gasteiger partial charge >= 0.3 is 42.6 Å². The standard InChI is InChI=1S/C5H6BN/c1-5-6-3-2-4-7-5/h2-4H,1H3. The summed E-state index contributed by atoms with van der Waals surface area (Å²) in [5.74, 6) is 1.97. The van der Waals surface area contributed by atoms with Gasteiger partial charge in [-0.05, 0) is 0 Å². The molecule has 0 N–H and O–H groups in total. The van der Waals surface area contributed by atoms with Crippen molar-refractivity contribution in [1.29, 1.82) is 0 Å². The van der Waals surface area contributed by atoms with Gasteiger partial charge in [-0.25, -0.2) is 0 Å². The van der Waals surface area contributed by atoms with Crippen LogP contribution in [0, 0.1) is 6.92 Å². The molecule has 34 valence electrons. The number of rotatable bonds is 0. The van der Waals surface area contributed by atoms with Crippen molar-refractivity contribution in [1.82, 2.24) is 4.98 Å². The summed E-state index contributed by atoms with van der Waals surface area (Å²) < 4.78 is 0. The van der Waals surface area contributed by atoms with Gasteiger partial charge < -0.3 is 0 Å². The van der Waals surface area contributed by atoms with Gasteiger partial charge in [0.05, 0.1) is 0 Å². The quantitative estimate of drug-likeness (QED) is 0.458. The Morgan fingerprint density at radius 3 is 2.86 bits per heavy atom. The number of aryl methyl sites for hydroxylation is 1. The van der Waals surface area contributed by atoms with Crippen molar-refractivity contribution in [2.75, 3.05) is 0 Å². The number of hydrogen-bond acceptors (Lipinski definition) is 1. The summed E-state index contributed by atoms with van der Waals surface area (Å²) in [7, 11) is 0. The average Bonchev–Trinajstić information content (AvgIpc) is 1.69. The van der Waals surface area contributed by atoms with E-state index in [0.717, 1.165) is 5.59 Å². The molecular weight excluding hydrogens is 84.9 g/mol. The third kappa shape index (κ3) is 1.11. The zero-order chi connectivity index (χ0) is 5.11. The Balaban J connectivity index is 3.02. The predicted molar refractivity (Wildman–Crippen MR) is 30.3 cm³/mol. The minimum absolute atomic E-state index is 1.07. The van der Waals surface area contributed by atoms with Gasteiger partial charge in [-0.1, -0.05) is 0 Å². The third-order valence-electron chi connectivity index (χ3n) is 0.813. The average molecular weight is 90.9 g/mol. The molecule has 0 saturated carbocycles. The van der Waals surface area contributed by atoms with Gasteiger partial charge in [0.25, 0.3) is 0 Å². The Morgan fingerprint density at radius 2 is 2.57 bits per heavy atom. The van der Waals surface area contributed by atoms with Crippen molar-refractivity contribution in [3.63, 3.8) is 0 Å². The molecule has 0 aliphatic heterocycles. The zero-order valence-corrected chi connectivity index (χ0v) is 4.26. The third-order valence-corrected chi connectivity index (χ3v) is 0.813. The fourth-order valence-electron chi connectivity index (χ4n) is 0.448. The van der Waals surface area contributed by atoms with Crippen LogP contribution in [-0.2, 0) is 0 Å². The molecule has 7 heavy (non-hydrogen) atoms. The van der Waals surface area contributed by atoms with Gasteiger partial charge in [0.2, 0.25) is 0 Å². The van der Waals surface area contributed by atoms with Crippen LogP contribution in [0.15, 0.2) is 18.2 Å². The van der Waals surface area contributed by atoms with Crippen molar-refractivity contribution in [3.8, 4) is 0 Å². The molecular formula is C5H6BN. The van der Waals surface area contributed by atoms with Crippen LogP contribution < -0.4 is 0 Å². The van der Waals surface area contributed by atoms with E-state index in [2.05, 4.69) is 4.98 Å². The monoisotopic (exact) mass is 91.1 g/mol. The van der Waals surface area contributed by atoms with Crippen LogP contribution in [-0.4, -0.2) is 11.9 Å². The van der Waals surface area contributed by atoms with E-state index in [9.17, 15) is 0 Å². The maximum atomic E-state index is 3.98. The molecule has 0 fully saturated rings. The molecule has 0 radical (unpaired) electrons. The molecule has 0 atom stereocenters. The van der Waals surface area contributed by atoms with E-state index in [1.165, 1.54) is 0 Å². The van der Waals surface area contributed by atoms with Crippen LogP contribution in [0.25, 0.3) is 0 Å². The van der Waals surface area contributed by atoms with Gasteiger partial charge in [-0.3, -0.25) is 0 Å². The van der Waals surface area contributed by atoms with Crippen molar-refractivity contribution in [2.45, 2.75) is 6.92 Å². The summed E-state index contributed by atoms with van der Waals surface area (Å²) in [5, 5.41) is 0. The molecule has 0 aliphatic rings. The molecule has 0 saturated heterocycles. The van der Waals surface area contributed by atoms with E-state index in [4.69, 9.17) is 0 Å². The second-order valence-electron chi connectivity index (χ2n) is 1.47. The fourth-order valence-corrected chi connectivity index (χ4v) is 0.448. The molecule has 1 aromatic rings. The Morgan fingerprint density at radius 1 is 1.71 bits per heavy atom. The Labute approximate surface area is 43.6 Å². The van der Waals surface area contributed by atoms with E-state index in [1.807, 2.05) is 25.9 Å². The minimum atomic E-state index is 1.07. The Bertz CT molecular complexity index is 138. The van der Waals surface area contributed by atoms with Gasteiger partial charge in [0.1, 0.15) is 0 Å². The van der Waals surface area contributed by atoms with E-state index in [0.29, 0.717) is 0 Å². The summed E-state index contributed by atoms with van der Waals surface area (Å²) in [4.78, 5) is 3.98. The number of nitrogens with zero attached hydrogens (tertiary/aromatic N) is 1. The van der Waals surface area contributed by atoms with E-state index >= 15 is 0 Å². The molecule has 1 nitrogen and oxygen atoms in total. The summed E-state index contributed by atoms with van der Waals surface area (Å²) in [5.41, 5.74) is 1.07. The first-order valence-electron chi connectivity index (χ1n) is 2.27. The molecule has 1 rings (SSSR count). The number of hydrogen-bond donors (Lipinski definition) is 0. The molecule has 2 heteroatoms. The predicted octanol–water partition coefficient (Wildman–Crippen LogP) is 0.728. The second kappa shape index (κ2) is 1.87. The summed E-state index contributed by atoms with van der Waals surface area (Å²) >= 11 is 0. The molecule has 0 bridgehead atoms. The summed E-state index contributed by atoms with van der Waals surface area (Å²) in [6, 6.07) is 1.91. The van der Waals surface area contributed by atoms with Crippen LogP contribution in [0.1, 0.15) is 5.59 Å². The second-order valence-corrected chi connectivity index (χ2v) is 1.47. The van der Waals surface area contributed by atoms with E-state index < -0.39 is 0 Å². The molecule has 0 aromatic carbocycles. The van der Waals surface area contributed by atoms with Crippen LogP contribution in [0.5, 0.6) is 0 Å². The van der Waals surface area contributed by atoms with Gasteiger partial charge in [0.15, 0.2) is 0 Å². The molecule has 1 heterocycles. The topological polar surface area (TPSA) is 12.9 Å². The van der Waals surface area contributed by atoms with Gasteiger partial charge in [0, 0.05) is 0 Å². The summed E-state index contributed by atoms with van der Waals surface area (Å²) in [6.07, 6.45) is 1.79. The van der Waals surface area contributed by atoms with E-state index in [-0.39, 0.29) is 0 Å². The molecule has 0 aliphatic carbocycles. The van der Waals surface area contributed by atoms with Crippen molar-refractivity contribution >= 4 is 6.91 Å². The van der Waals surface area contributed by atoms with Gasteiger partial charge in [-0.15, -0.1) is 0 Å². The van der Waals surface area contributed by atoms with Crippen LogP contribution >= 0.6 is 0 Å². The van der Waals surface area contributed by atoms with Crippen molar-refractivity contribution < 1.29 is 0 Å². The van der Waals surface area contributed by atoms with Crippen molar-refractivity contribution in [2.24, 2.45) is 0 Å². The first kappa shape index (κ1) is 4.50. The molecule has 0 unspecified atom stereocenters. The maximum absolute atomic E-state index is 3.98. The number of aromatic nitrogens is 1. The molecule has 0 amide bonds. The molecule has 0 spiro atoms. The van der Waals surface area contributed by atoms with Gasteiger partial charge in [-0.2, -0.15) is 0 Å². The fraction of sp³-hybridized carbons (Fsp3) is 0.200. The SMILES string of the molecule is Cc1bcccn1. The Kier molecular flexibility index (Phi) is 1.20. The first-order valence-corrected chi connectivity index (χ1v) is 2.27. The van der Waals surface area contributed by atoms with Crippen LogP contribution in [0.4, 0.5) is 0 Å². The van der Waals surface area contributed by atoms with Crippen LogP contribution in [0.3, 0.4) is 0 Å². The summed E-state index contributed by atoms with van der Waals surface area (Å²) in [6.45, 7) is 3.94.